The molecule has 4 aromatic rings. The first-order chi connectivity index (χ1) is 15.2. The Morgan fingerprint density at radius 1 is 0.969 bits per heavy atom. The fourth-order valence-electron chi connectivity index (χ4n) is 3.57. The number of rotatable bonds is 4. The molecule has 0 aliphatic heterocycles. The van der Waals surface area contributed by atoms with Crippen LogP contribution in [-0.4, -0.2) is 20.1 Å². The van der Waals surface area contributed by atoms with Crippen molar-refractivity contribution in [2.45, 2.75) is 46.6 Å². The van der Waals surface area contributed by atoms with E-state index in [4.69, 9.17) is 11.6 Å². The Morgan fingerprint density at radius 2 is 1.69 bits per heavy atom. The van der Waals surface area contributed by atoms with Crippen molar-refractivity contribution in [1.29, 1.82) is 0 Å². The highest BCUT2D eigenvalue weighted by atomic mass is 35.5. The quantitative estimate of drug-likeness (QED) is 0.374. The van der Waals surface area contributed by atoms with Gasteiger partial charge in [-0.2, -0.15) is 0 Å². The second-order valence-corrected chi connectivity index (χ2v) is 9.50. The zero-order chi connectivity index (χ0) is 23.0. The van der Waals surface area contributed by atoms with Crippen LogP contribution in [0.2, 0.25) is 5.02 Å². The van der Waals surface area contributed by atoms with Gasteiger partial charge in [-0.3, -0.25) is 0 Å². The highest BCUT2D eigenvalue weighted by molar-refractivity contribution is 6.35. The maximum atomic E-state index is 9.80. The molecule has 0 bridgehead atoms. The monoisotopic (exact) mass is 446 g/mol. The van der Waals surface area contributed by atoms with Gasteiger partial charge >= 0.3 is 0 Å². The molecule has 0 saturated heterocycles. The first-order valence-electron chi connectivity index (χ1n) is 10.6. The van der Waals surface area contributed by atoms with Crippen LogP contribution in [0.15, 0.2) is 48.8 Å². The number of nitrogens with zero attached hydrogens (tertiary/aromatic N) is 3. The van der Waals surface area contributed by atoms with Crippen molar-refractivity contribution in [1.82, 2.24) is 15.0 Å². The van der Waals surface area contributed by atoms with Crippen molar-refractivity contribution in [3.63, 3.8) is 0 Å². The summed E-state index contributed by atoms with van der Waals surface area (Å²) in [6, 6.07) is 12.2. The van der Waals surface area contributed by atoms with E-state index in [0.717, 1.165) is 50.4 Å². The van der Waals surface area contributed by atoms with Gasteiger partial charge in [-0.1, -0.05) is 50.6 Å². The fraction of sp³-hybridized carbons (Fsp3) is 0.269. The lowest BCUT2D eigenvalue weighted by Gasteiger charge is -2.17. The Hall–Kier alpha value is -3.02. The molecule has 0 fully saturated rings. The summed E-state index contributed by atoms with van der Waals surface area (Å²) in [7, 11) is 0. The topological polar surface area (TPSA) is 70.9 Å². The smallest absolute Gasteiger partial charge is 0.133 e. The molecule has 2 aromatic carbocycles. The van der Waals surface area contributed by atoms with Crippen LogP contribution in [0.3, 0.4) is 0 Å². The third-order valence-corrected chi connectivity index (χ3v) is 5.86. The van der Waals surface area contributed by atoms with Crippen molar-refractivity contribution < 1.29 is 5.11 Å². The summed E-state index contributed by atoms with van der Waals surface area (Å²) in [5.74, 6) is 0.802. The molecule has 0 aliphatic rings. The molecule has 4 rings (SSSR count). The van der Waals surface area contributed by atoms with E-state index < -0.39 is 0 Å². The minimum Gasteiger partial charge on any atom is -0.390 e. The number of fused-ring (bicyclic) bond motifs is 1. The second kappa shape index (κ2) is 8.49. The number of hydrogen-bond acceptors (Lipinski definition) is 5. The standard InChI is InChI=1S/C26H27ClN4O/c1-15-6-7-16(2)21(10-15)31-24-19-11-17(8-9-20(19)30-22(14-32)23(24)27)18-12-28-25(29-13-18)26(3,4)5/h6-13,32H,14H2,1-5H3,(H,30,31). The number of anilines is 2. The summed E-state index contributed by atoms with van der Waals surface area (Å²) in [5, 5.41) is 14.6. The van der Waals surface area contributed by atoms with E-state index >= 15 is 0 Å². The lowest BCUT2D eigenvalue weighted by Crippen LogP contribution is -2.15. The van der Waals surface area contributed by atoms with Crippen LogP contribution in [0.25, 0.3) is 22.0 Å². The number of nitrogens with one attached hydrogen (secondary N) is 1. The Kier molecular flexibility index (Phi) is 5.89. The van der Waals surface area contributed by atoms with E-state index in [9.17, 15) is 5.11 Å². The van der Waals surface area contributed by atoms with Crippen molar-refractivity contribution in [2.24, 2.45) is 0 Å². The van der Waals surface area contributed by atoms with Crippen LogP contribution in [-0.2, 0) is 12.0 Å². The minimum atomic E-state index is -0.236. The molecule has 5 nitrogen and oxygen atoms in total. The average molecular weight is 447 g/mol. The molecule has 2 N–H and O–H groups in total. The zero-order valence-corrected chi connectivity index (χ0v) is 19.7. The van der Waals surface area contributed by atoms with Crippen LogP contribution in [0.5, 0.6) is 0 Å². The molecule has 2 heterocycles. The number of halogens is 1. The molecular formula is C26H27ClN4O. The van der Waals surface area contributed by atoms with Crippen LogP contribution in [0.4, 0.5) is 11.4 Å². The van der Waals surface area contributed by atoms with E-state index in [1.807, 2.05) is 37.5 Å². The Labute approximate surface area is 193 Å². The van der Waals surface area contributed by atoms with Crippen molar-refractivity contribution in [3.05, 3.63) is 76.5 Å². The third kappa shape index (κ3) is 4.31. The van der Waals surface area contributed by atoms with Gasteiger partial charge in [0.15, 0.2) is 0 Å². The number of aliphatic hydroxyl groups excluding tert-OH is 1. The third-order valence-electron chi connectivity index (χ3n) is 5.45. The lowest BCUT2D eigenvalue weighted by molar-refractivity contribution is 0.277. The minimum absolute atomic E-state index is 0.108. The predicted octanol–water partition coefficient (Wildman–Crippen LogP) is 6.50. The Balaban J connectivity index is 1.86. The molecular weight excluding hydrogens is 420 g/mol. The highest BCUT2D eigenvalue weighted by Gasteiger charge is 2.18. The maximum Gasteiger partial charge on any atom is 0.133 e. The molecule has 0 aliphatic carbocycles. The summed E-state index contributed by atoms with van der Waals surface area (Å²) >= 11 is 6.69. The number of pyridine rings is 1. The van der Waals surface area contributed by atoms with Gasteiger partial charge in [-0.15, -0.1) is 0 Å². The Morgan fingerprint density at radius 3 is 2.34 bits per heavy atom. The summed E-state index contributed by atoms with van der Waals surface area (Å²) in [5.41, 5.74) is 6.91. The van der Waals surface area contributed by atoms with Crippen LogP contribution >= 0.6 is 11.6 Å². The van der Waals surface area contributed by atoms with Crippen molar-refractivity contribution >= 4 is 33.9 Å². The van der Waals surface area contributed by atoms with E-state index in [2.05, 4.69) is 66.2 Å². The van der Waals surface area contributed by atoms with Gasteiger partial charge in [0, 0.05) is 34.4 Å². The normalized spacial score (nSPS) is 11.7. The molecule has 2 aromatic heterocycles. The molecule has 32 heavy (non-hydrogen) atoms. The van der Waals surface area contributed by atoms with Gasteiger partial charge in [0.1, 0.15) is 5.82 Å². The number of aryl methyl sites for hydroxylation is 2. The molecule has 0 atom stereocenters. The van der Waals surface area contributed by atoms with Gasteiger partial charge in [-0.05, 0) is 48.7 Å². The Bertz CT molecular complexity index is 1290. The lowest BCUT2D eigenvalue weighted by atomic mass is 9.95. The SMILES string of the molecule is Cc1ccc(C)c(Nc2c(Cl)c(CO)nc3ccc(-c4cnc(C(C)(C)C)nc4)cc23)c1. The summed E-state index contributed by atoms with van der Waals surface area (Å²) in [6.07, 6.45) is 3.70. The maximum absolute atomic E-state index is 9.80. The molecule has 0 unspecified atom stereocenters. The molecule has 0 amide bonds. The predicted molar refractivity (Wildman–Crippen MR) is 132 cm³/mol. The first kappa shape index (κ1) is 22.2. The first-order valence-corrected chi connectivity index (χ1v) is 11.0. The fourth-order valence-corrected chi connectivity index (χ4v) is 3.82. The average Bonchev–Trinajstić information content (AvgIpc) is 2.77. The molecule has 164 valence electrons. The summed E-state index contributed by atoms with van der Waals surface area (Å²) in [6.45, 7) is 10.1. The molecule has 0 radical (unpaired) electrons. The summed E-state index contributed by atoms with van der Waals surface area (Å²) in [4.78, 5) is 13.7. The van der Waals surface area contributed by atoms with E-state index in [1.165, 1.54) is 0 Å². The van der Waals surface area contributed by atoms with E-state index in [0.29, 0.717) is 10.7 Å². The van der Waals surface area contributed by atoms with E-state index in [-0.39, 0.29) is 12.0 Å². The number of aliphatic hydroxyl groups is 1. The highest BCUT2D eigenvalue weighted by Crippen LogP contribution is 2.37. The summed E-state index contributed by atoms with van der Waals surface area (Å²) < 4.78 is 0. The van der Waals surface area contributed by atoms with Gasteiger partial charge < -0.3 is 10.4 Å². The largest absolute Gasteiger partial charge is 0.390 e. The van der Waals surface area contributed by atoms with Gasteiger partial charge in [0.05, 0.1) is 28.5 Å². The van der Waals surface area contributed by atoms with Crippen LogP contribution < -0.4 is 5.32 Å². The van der Waals surface area contributed by atoms with E-state index in [1.54, 1.807) is 0 Å². The second-order valence-electron chi connectivity index (χ2n) is 9.13. The van der Waals surface area contributed by atoms with Crippen molar-refractivity contribution in [3.8, 4) is 11.1 Å². The van der Waals surface area contributed by atoms with Gasteiger partial charge in [0.25, 0.3) is 0 Å². The number of benzene rings is 2. The van der Waals surface area contributed by atoms with Crippen LogP contribution in [0.1, 0.15) is 43.4 Å². The number of aromatic nitrogens is 3. The molecule has 0 spiro atoms. The van der Waals surface area contributed by atoms with Crippen LogP contribution in [0, 0.1) is 13.8 Å². The van der Waals surface area contributed by atoms with Gasteiger partial charge in [0.2, 0.25) is 0 Å². The number of hydrogen-bond donors (Lipinski definition) is 2. The molecule has 0 saturated carbocycles. The molecule has 6 heteroatoms. The van der Waals surface area contributed by atoms with Crippen molar-refractivity contribution in [2.75, 3.05) is 5.32 Å². The zero-order valence-electron chi connectivity index (χ0n) is 19.0. The van der Waals surface area contributed by atoms with Gasteiger partial charge in [-0.25, -0.2) is 15.0 Å².